The Kier molecular flexibility index (Phi) is 4.78. The van der Waals surface area contributed by atoms with Crippen molar-refractivity contribution in [3.8, 4) is 0 Å². The number of nitro benzene ring substituents is 1. The lowest BCUT2D eigenvalue weighted by molar-refractivity contribution is -0.384. The Hall–Kier alpha value is -2.54. The largest absolute Gasteiger partial charge is 0.358 e. The topological polar surface area (TPSA) is 67.2 Å². The standard InChI is InChI=1S/C14H12FN3O2S/c15-11-6-4-10(5-7-11)9-16-14(21)17-12-2-1-3-13(8-12)18(19)20/h1-8H,9H2,(H2,16,17,21). The molecule has 0 spiro atoms. The number of non-ortho nitro benzene ring substituents is 1. The van der Waals surface area contributed by atoms with E-state index in [4.69, 9.17) is 12.2 Å². The first-order valence-corrected chi connectivity index (χ1v) is 6.49. The van der Waals surface area contributed by atoms with Gasteiger partial charge in [-0.2, -0.15) is 0 Å². The highest BCUT2D eigenvalue weighted by Crippen LogP contribution is 2.16. The van der Waals surface area contributed by atoms with Crippen molar-refractivity contribution < 1.29 is 9.31 Å². The number of nitro groups is 1. The predicted molar refractivity (Wildman–Crippen MR) is 82.6 cm³/mol. The minimum Gasteiger partial charge on any atom is -0.358 e. The molecule has 0 atom stereocenters. The number of anilines is 1. The molecule has 2 N–H and O–H groups in total. The monoisotopic (exact) mass is 305 g/mol. The van der Waals surface area contributed by atoms with E-state index >= 15 is 0 Å². The molecule has 108 valence electrons. The molecule has 0 amide bonds. The minimum atomic E-state index is -0.472. The van der Waals surface area contributed by atoms with E-state index in [1.54, 1.807) is 24.3 Å². The number of rotatable bonds is 4. The van der Waals surface area contributed by atoms with Gasteiger partial charge in [0.2, 0.25) is 0 Å². The van der Waals surface area contributed by atoms with E-state index in [1.807, 2.05) is 0 Å². The molecule has 21 heavy (non-hydrogen) atoms. The van der Waals surface area contributed by atoms with Crippen LogP contribution in [0.4, 0.5) is 15.8 Å². The van der Waals surface area contributed by atoms with Crippen LogP contribution in [0.3, 0.4) is 0 Å². The molecule has 2 aromatic rings. The van der Waals surface area contributed by atoms with Gasteiger partial charge in [0.05, 0.1) is 4.92 Å². The molecular weight excluding hydrogens is 293 g/mol. The van der Waals surface area contributed by atoms with E-state index in [9.17, 15) is 14.5 Å². The van der Waals surface area contributed by atoms with Gasteiger partial charge in [0.1, 0.15) is 5.82 Å². The smallest absolute Gasteiger partial charge is 0.271 e. The van der Waals surface area contributed by atoms with Gasteiger partial charge in [0.25, 0.3) is 5.69 Å². The first kappa shape index (κ1) is 14.9. The number of nitrogens with zero attached hydrogens (tertiary/aromatic N) is 1. The third kappa shape index (κ3) is 4.50. The van der Waals surface area contributed by atoms with E-state index in [0.29, 0.717) is 17.3 Å². The van der Waals surface area contributed by atoms with Crippen LogP contribution < -0.4 is 10.6 Å². The molecule has 5 nitrogen and oxygen atoms in total. The quantitative estimate of drug-likeness (QED) is 0.516. The van der Waals surface area contributed by atoms with Crippen LogP contribution in [0.25, 0.3) is 0 Å². The minimum absolute atomic E-state index is 0.0127. The van der Waals surface area contributed by atoms with Crippen LogP contribution in [0.15, 0.2) is 48.5 Å². The van der Waals surface area contributed by atoms with Crippen molar-refractivity contribution in [1.29, 1.82) is 0 Å². The Balaban J connectivity index is 1.91. The van der Waals surface area contributed by atoms with E-state index < -0.39 is 4.92 Å². The van der Waals surface area contributed by atoms with Crippen molar-refractivity contribution in [2.45, 2.75) is 6.54 Å². The Morgan fingerprint density at radius 1 is 1.24 bits per heavy atom. The van der Waals surface area contributed by atoms with Crippen molar-refractivity contribution in [2.24, 2.45) is 0 Å². The Morgan fingerprint density at radius 3 is 2.62 bits per heavy atom. The molecule has 2 aromatic carbocycles. The molecule has 0 saturated heterocycles. The third-order valence-electron chi connectivity index (χ3n) is 2.68. The summed E-state index contributed by atoms with van der Waals surface area (Å²) in [5.74, 6) is -0.295. The summed E-state index contributed by atoms with van der Waals surface area (Å²) < 4.78 is 12.8. The second kappa shape index (κ2) is 6.76. The number of benzene rings is 2. The lowest BCUT2D eigenvalue weighted by atomic mass is 10.2. The molecule has 0 saturated carbocycles. The molecule has 0 aliphatic rings. The van der Waals surface area contributed by atoms with Crippen molar-refractivity contribution in [2.75, 3.05) is 5.32 Å². The SMILES string of the molecule is O=[N+]([O-])c1cccc(NC(=S)NCc2ccc(F)cc2)c1. The summed E-state index contributed by atoms with van der Waals surface area (Å²) in [7, 11) is 0. The van der Waals surface area contributed by atoms with Crippen molar-refractivity contribution in [3.63, 3.8) is 0 Å². The molecule has 0 heterocycles. The maximum Gasteiger partial charge on any atom is 0.271 e. The van der Waals surface area contributed by atoms with E-state index in [1.165, 1.54) is 24.3 Å². The van der Waals surface area contributed by atoms with Crippen LogP contribution in [0.1, 0.15) is 5.56 Å². The van der Waals surface area contributed by atoms with Crippen LogP contribution in [0.5, 0.6) is 0 Å². The third-order valence-corrected chi connectivity index (χ3v) is 2.93. The summed E-state index contributed by atoms with van der Waals surface area (Å²) in [5, 5.41) is 16.8. The highest BCUT2D eigenvalue weighted by molar-refractivity contribution is 7.80. The van der Waals surface area contributed by atoms with E-state index in [-0.39, 0.29) is 11.5 Å². The zero-order chi connectivity index (χ0) is 15.2. The number of hydrogen-bond acceptors (Lipinski definition) is 3. The van der Waals surface area contributed by atoms with Crippen molar-refractivity contribution in [3.05, 3.63) is 70.0 Å². The maximum absolute atomic E-state index is 12.8. The summed E-state index contributed by atoms with van der Waals surface area (Å²) in [6, 6.07) is 12.1. The second-order valence-corrected chi connectivity index (χ2v) is 4.65. The van der Waals surface area contributed by atoms with Gasteiger partial charge in [-0.05, 0) is 36.0 Å². The summed E-state index contributed by atoms with van der Waals surface area (Å²) in [6.45, 7) is 0.432. The number of halogens is 1. The zero-order valence-electron chi connectivity index (χ0n) is 10.9. The highest BCUT2D eigenvalue weighted by atomic mass is 32.1. The summed E-state index contributed by atoms with van der Waals surface area (Å²) in [4.78, 5) is 10.2. The van der Waals surface area contributed by atoms with Crippen LogP contribution in [0, 0.1) is 15.9 Å². The van der Waals surface area contributed by atoms with Crippen molar-refractivity contribution >= 4 is 28.7 Å². The van der Waals surface area contributed by atoms with E-state index in [2.05, 4.69) is 10.6 Å². The fourth-order valence-electron chi connectivity index (χ4n) is 1.66. The van der Waals surface area contributed by atoms with Crippen LogP contribution in [0.2, 0.25) is 0 Å². The van der Waals surface area contributed by atoms with Crippen molar-refractivity contribution in [1.82, 2.24) is 5.32 Å². The van der Waals surface area contributed by atoms with Crippen LogP contribution in [-0.4, -0.2) is 10.0 Å². The molecule has 0 bridgehead atoms. The summed E-state index contributed by atoms with van der Waals surface area (Å²) >= 11 is 5.10. The molecule has 0 aliphatic heterocycles. The molecule has 0 unspecified atom stereocenters. The first-order chi connectivity index (χ1) is 10.0. The summed E-state index contributed by atoms with van der Waals surface area (Å²) in [6.07, 6.45) is 0. The number of hydrogen-bond donors (Lipinski definition) is 2. The molecule has 0 fully saturated rings. The lowest BCUT2D eigenvalue weighted by Crippen LogP contribution is -2.27. The van der Waals surface area contributed by atoms with Crippen LogP contribution in [-0.2, 0) is 6.54 Å². The molecule has 7 heteroatoms. The second-order valence-electron chi connectivity index (χ2n) is 4.24. The van der Waals surface area contributed by atoms with Crippen LogP contribution >= 0.6 is 12.2 Å². The maximum atomic E-state index is 12.8. The van der Waals surface area contributed by atoms with Gasteiger partial charge in [0.15, 0.2) is 5.11 Å². The Labute approximate surface area is 125 Å². The highest BCUT2D eigenvalue weighted by Gasteiger charge is 2.06. The van der Waals surface area contributed by atoms with Gasteiger partial charge < -0.3 is 10.6 Å². The molecular formula is C14H12FN3O2S. The number of nitrogens with one attached hydrogen (secondary N) is 2. The van der Waals surface area contributed by atoms with Gasteiger partial charge in [-0.25, -0.2) is 4.39 Å². The van der Waals surface area contributed by atoms with Gasteiger partial charge in [-0.15, -0.1) is 0 Å². The van der Waals surface area contributed by atoms with Gasteiger partial charge in [-0.1, -0.05) is 18.2 Å². The van der Waals surface area contributed by atoms with Gasteiger partial charge >= 0.3 is 0 Å². The Bertz CT molecular complexity index is 662. The summed E-state index contributed by atoms with van der Waals surface area (Å²) in [5.41, 5.74) is 1.39. The Morgan fingerprint density at radius 2 is 1.95 bits per heavy atom. The van der Waals surface area contributed by atoms with Gasteiger partial charge in [-0.3, -0.25) is 10.1 Å². The lowest BCUT2D eigenvalue weighted by Gasteiger charge is -2.10. The first-order valence-electron chi connectivity index (χ1n) is 6.08. The van der Waals surface area contributed by atoms with Gasteiger partial charge in [0, 0.05) is 24.4 Å². The fraction of sp³-hybridized carbons (Fsp3) is 0.0714. The molecule has 0 aliphatic carbocycles. The predicted octanol–water partition coefficient (Wildman–Crippen LogP) is 3.22. The normalized spacial score (nSPS) is 9.95. The zero-order valence-corrected chi connectivity index (χ0v) is 11.7. The number of thiocarbonyl (C=S) groups is 1. The molecule has 0 aromatic heterocycles. The molecule has 2 rings (SSSR count). The van der Waals surface area contributed by atoms with E-state index in [0.717, 1.165) is 5.56 Å². The average molecular weight is 305 g/mol. The molecule has 0 radical (unpaired) electrons. The average Bonchev–Trinajstić information content (AvgIpc) is 2.47. The fourth-order valence-corrected chi connectivity index (χ4v) is 1.85.